The van der Waals surface area contributed by atoms with Crippen LogP contribution >= 0.6 is 34.7 Å². The SMILES string of the molecule is COc1ccc(NC(=O)C(Sc2ccc(NC(=O)/C(=C/c3cccs3)NC(=O)c3ccccc3)cc2)c2ccccc2)cc1Cl. The Labute approximate surface area is 274 Å². The van der Waals surface area contributed by atoms with Gasteiger partial charge in [-0.25, -0.2) is 0 Å². The van der Waals surface area contributed by atoms with Gasteiger partial charge in [-0.3, -0.25) is 14.4 Å². The molecule has 0 saturated carbocycles. The number of carbonyl (C=O) groups excluding carboxylic acids is 3. The number of hydrogen-bond acceptors (Lipinski definition) is 6. The third kappa shape index (κ3) is 8.63. The van der Waals surface area contributed by atoms with Gasteiger partial charge in [-0.2, -0.15) is 0 Å². The van der Waals surface area contributed by atoms with Crippen molar-refractivity contribution >= 4 is 69.9 Å². The Balaban J connectivity index is 1.30. The lowest BCUT2D eigenvalue weighted by atomic mass is 10.1. The maximum atomic E-state index is 13.5. The Morgan fingerprint density at radius 1 is 0.822 bits per heavy atom. The molecule has 7 nitrogen and oxygen atoms in total. The number of benzene rings is 4. The summed E-state index contributed by atoms with van der Waals surface area (Å²) in [6, 6.07) is 34.2. The van der Waals surface area contributed by atoms with E-state index in [0.29, 0.717) is 27.7 Å². The summed E-state index contributed by atoms with van der Waals surface area (Å²) in [7, 11) is 1.53. The van der Waals surface area contributed by atoms with Gasteiger partial charge >= 0.3 is 0 Å². The fourth-order valence-electron chi connectivity index (χ4n) is 4.26. The van der Waals surface area contributed by atoms with Crippen molar-refractivity contribution in [1.29, 1.82) is 0 Å². The number of hydrogen-bond donors (Lipinski definition) is 3. The topological polar surface area (TPSA) is 96.5 Å². The molecule has 1 atom stereocenters. The van der Waals surface area contributed by atoms with Crippen molar-refractivity contribution in [2.75, 3.05) is 17.7 Å². The fraction of sp³-hybridized carbons (Fsp3) is 0.0571. The Kier molecular flexibility index (Phi) is 10.7. The molecule has 3 N–H and O–H groups in total. The van der Waals surface area contributed by atoms with Gasteiger partial charge in [0.25, 0.3) is 11.8 Å². The van der Waals surface area contributed by atoms with Crippen molar-refractivity contribution in [3.63, 3.8) is 0 Å². The number of ether oxygens (including phenoxy) is 1. The van der Waals surface area contributed by atoms with Crippen LogP contribution in [0, 0.1) is 0 Å². The molecule has 226 valence electrons. The monoisotopic (exact) mass is 653 g/mol. The van der Waals surface area contributed by atoms with Crippen LogP contribution in [-0.4, -0.2) is 24.8 Å². The summed E-state index contributed by atoms with van der Waals surface area (Å²) in [4.78, 5) is 41.3. The number of methoxy groups -OCH3 is 1. The minimum Gasteiger partial charge on any atom is -0.495 e. The average Bonchev–Trinajstić information content (AvgIpc) is 3.58. The number of carbonyl (C=O) groups is 3. The number of rotatable bonds is 11. The summed E-state index contributed by atoms with van der Waals surface area (Å²) in [6.07, 6.45) is 1.64. The van der Waals surface area contributed by atoms with Crippen molar-refractivity contribution in [1.82, 2.24) is 5.32 Å². The number of amides is 3. The molecule has 0 aliphatic heterocycles. The maximum absolute atomic E-state index is 13.5. The van der Waals surface area contributed by atoms with Gasteiger partial charge in [0.05, 0.1) is 12.1 Å². The van der Waals surface area contributed by atoms with Gasteiger partial charge in [0.2, 0.25) is 5.91 Å². The second kappa shape index (κ2) is 15.3. The van der Waals surface area contributed by atoms with E-state index in [9.17, 15) is 14.4 Å². The molecule has 45 heavy (non-hydrogen) atoms. The van der Waals surface area contributed by atoms with Crippen molar-refractivity contribution < 1.29 is 19.1 Å². The molecule has 0 radical (unpaired) electrons. The van der Waals surface area contributed by atoms with Gasteiger partial charge in [-0.15, -0.1) is 23.1 Å². The third-order valence-electron chi connectivity index (χ3n) is 6.48. The number of thiophene rings is 1. The van der Waals surface area contributed by atoms with E-state index in [1.54, 1.807) is 60.7 Å². The first-order valence-electron chi connectivity index (χ1n) is 13.8. The molecule has 3 amide bonds. The second-order valence-electron chi connectivity index (χ2n) is 9.62. The van der Waals surface area contributed by atoms with Crippen LogP contribution in [0.3, 0.4) is 0 Å². The number of halogens is 1. The van der Waals surface area contributed by atoms with Crippen LogP contribution in [0.2, 0.25) is 5.02 Å². The summed E-state index contributed by atoms with van der Waals surface area (Å²) in [5, 5.41) is 10.3. The van der Waals surface area contributed by atoms with Gasteiger partial charge in [-0.1, -0.05) is 66.2 Å². The van der Waals surface area contributed by atoms with Crippen molar-refractivity contribution in [2.24, 2.45) is 0 Å². The van der Waals surface area contributed by atoms with Gasteiger partial charge in [0.15, 0.2) is 0 Å². The minimum atomic E-state index is -0.568. The highest BCUT2D eigenvalue weighted by atomic mass is 35.5. The van der Waals surface area contributed by atoms with E-state index in [1.165, 1.54) is 30.2 Å². The summed E-state index contributed by atoms with van der Waals surface area (Å²) >= 11 is 9.09. The average molecular weight is 654 g/mol. The lowest BCUT2D eigenvalue weighted by Gasteiger charge is -2.18. The van der Waals surface area contributed by atoms with Gasteiger partial charge in [0, 0.05) is 26.7 Å². The molecule has 4 aromatic carbocycles. The molecule has 5 rings (SSSR count). The molecule has 1 aromatic heterocycles. The Morgan fingerprint density at radius 3 is 2.16 bits per heavy atom. The summed E-state index contributed by atoms with van der Waals surface area (Å²) < 4.78 is 5.21. The molecular formula is C35H28ClN3O4S2. The molecule has 0 spiro atoms. The summed E-state index contributed by atoms with van der Waals surface area (Å²) in [5.41, 5.74) is 2.47. The van der Waals surface area contributed by atoms with E-state index < -0.39 is 11.2 Å². The van der Waals surface area contributed by atoms with Crippen molar-refractivity contribution in [3.8, 4) is 5.75 Å². The predicted molar refractivity (Wildman–Crippen MR) is 183 cm³/mol. The molecule has 0 bridgehead atoms. The highest BCUT2D eigenvalue weighted by Crippen LogP contribution is 2.37. The first-order chi connectivity index (χ1) is 21.9. The van der Waals surface area contributed by atoms with Crippen LogP contribution < -0.4 is 20.7 Å². The van der Waals surface area contributed by atoms with Crippen LogP contribution in [0.25, 0.3) is 6.08 Å². The number of thioether (sulfide) groups is 1. The van der Waals surface area contributed by atoms with E-state index in [4.69, 9.17) is 16.3 Å². The summed E-state index contributed by atoms with van der Waals surface area (Å²) in [5.74, 6) is -0.555. The van der Waals surface area contributed by atoms with Gasteiger partial charge in [-0.05, 0) is 77.7 Å². The predicted octanol–water partition coefficient (Wildman–Crippen LogP) is 8.29. The Morgan fingerprint density at radius 2 is 1.51 bits per heavy atom. The normalized spacial score (nSPS) is 11.7. The standard InChI is InChI=1S/C35H28ClN3O4S2/c1-43-31-19-16-26(21-29(31)36)38-35(42)32(23-9-4-2-5-10-23)45-27-17-14-25(15-18-27)37-34(41)30(22-28-13-8-20-44-28)39-33(40)24-11-6-3-7-12-24/h2-22,32H,1H3,(H,37,41)(H,38,42)(H,39,40)/b30-22-. The van der Waals surface area contributed by atoms with E-state index in [0.717, 1.165) is 15.3 Å². The lowest BCUT2D eigenvalue weighted by molar-refractivity contribution is -0.116. The first kappa shape index (κ1) is 31.6. The second-order valence-corrected chi connectivity index (χ2v) is 12.2. The Hall–Kier alpha value is -4.83. The highest BCUT2D eigenvalue weighted by Gasteiger charge is 2.23. The van der Waals surface area contributed by atoms with E-state index in [1.807, 2.05) is 66.0 Å². The first-order valence-corrected chi connectivity index (χ1v) is 15.9. The third-order valence-corrected chi connectivity index (χ3v) is 8.87. The molecule has 10 heteroatoms. The van der Waals surface area contributed by atoms with E-state index in [-0.39, 0.29) is 17.5 Å². The van der Waals surface area contributed by atoms with Crippen LogP contribution in [0.5, 0.6) is 5.75 Å². The van der Waals surface area contributed by atoms with Crippen molar-refractivity contribution in [2.45, 2.75) is 10.1 Å². The zero-order valence-corrected chi connectivity index (χ0v) is 26.4. The highest BCUT2D eigenvalue weighted by molar-refractivity contribution is 8.00. The number of anilines is 2. The molecule has 1 unspecified atom stereocenters. The zero-order chi connectivity index (χ0) is 31.6. The Bertz CT molecular complexity index is 1800. The fourth-order valence-corrected chi connectivity index (χ4v) is 6.20. The quantitative estimate of drug-likeness (QED) is 0.0985. The van der Waals surface area contributed by atoms with E-state index in [2.05, 4.69) is 16.0 Å². The molecule has 1 heterocycles. The molecule has 0 aliphatic rings. The molecule has 0 fully saturated rings. The molecule has 0 saturated heterocycles. The van der Waals surface area contributed by atoms with Crippen LogP contribution in [0.4, 0.5) is 11.4 Å². The molecule has 5 aromatic rings. The summed E-state index contributed by atoms with van der Waals surface area (Å²) in [6.45, 7) is 0. The maximum Gasteiger partial charge on any atom is 0.272 e. The molecule has 0 aliphatic carbocycles. The van der Waals surface area contributed by atoms with Gasteiger partial charge in [0.1, 0.15) is 16.7 Å². The van der Waals surface area contributed by atoms with Crippen LogP contribution in [-0.2, 0) is 9.59 Å². The smallest absolute Gasteiger partial charge is 0.272 e. The van der Waals surface area contributed by atoms with Crippen LogP contribution in [0.15, 0.2) is 131 Å². The van der Waals surface area contributed by atoms with Crippen LogP contribution in [0.1, 0.15) is 26.0 Å². The number of nitrogens with one attached hydrogen (secondary N) is 3. The van der Waals surface area contributed by atoms with Gasteiger partial charge < -0.3 is 20.7 Å². The minimum absolute atomic E-state index is 0.115. The van der Waals surface area contributed by atoms with Crippen molar-refractivity contribution in [3.05, 3.63) is 147 Å². The lowest BCUT2D eigenvalue weighted by Crippen LogP contribution is -2.30. The largest absolute Gasteiger partial charge is 0.495 e. The molecular weight excluding hydrogens is 626 g/mol. The van der Waals surface area contributed by atoms with E-state index >= 15 is 0 Å². The zero-order valence-electron chi connectivity index (χ0n) is 24.0.